The molecule has 0 N–H and O–H groups in total. The molecule has 36 heavy (non-hydrogen) atoms. The molecule has 0 bridgehead atoms. The van der Waals surface area contributed by atoms with Gasteiger partial charge in [-0.05, 0) is 85.9 Å². The molecule has 2 nitrogen and oxygen atoms in total. The van der Waals surface area contributed by atoms with Gasteiger partial charge < -0.3 is 9.80 Å². The van der Waals surface area contributed by atoms with Crippen molar-refractivity contribution in [2.45, 2.75) is 53.5 Å². The zero-order valence-electron chi connectivity index (χ0n) is 22.2. The average Bonchev–Trinajstić information content (AvgIpc) is 3.28. The third-order valence-corrected chi connectivity index (χ3v) is 9.08. The summed E-state index contributed by atoms with van der Waals surface area (Å²) < 4.78 is 2.57. The third kappa shape index (κ3) is 6.04. The minimum Gasteiger partial charge on any atom is -0.366 e. The van der Waals surface area contributed by atoms with E-state index in [1.54, 1.807) is 0 Å². The number of nitrogens with zero attached hydrogens (tertiary/aromatic N) is 2. The topological polar surface area (TPSA) is 6.48 Å². The summed E-state index contributed by atoms with van der Waals surface area (Å²) in [7, 11) is 0. The second-order valence-electron chi connectivity index (χ2n) is 9.39. The van der Waals surface area contributed by atoms with Crippen LogP contribution in [0.3, 0.4) is 0 Å². The van der Waals surface area contributed by atoms with Crippen LogP contribution < -0.4 is 0 Å². The van der Waals surface area contributed by atoms with Crippen LogP contribution in [0.15, 0.2) is 71.2 Å². The monoisotopic (exact) mass is 562 g/mol. The SMILES string of the molecule is C/C=C(/c1sc2cccc(Br)c2c1CC)N(CCCCN(CC)CC)Cc1ccc2ccccc2c1. The summed E-state index contributed by atoms with van der Waals surface area (Å²) in [5.74, 6) is 0. The van der Waals surface area contributed by atoms with Crippen molar-refractivity contribution in [2.24, 2.45) is 0 Å². The van der Waals surface area contributed by atoms with E-state index in [2.05, 4.69) is 120 Å². The van der Waals surface area contributed by atoms with E-state index in [1.807, 2.05) is 11.3 Å². The van der Waals surface area contributed by atoms with Crippen molar-refractivity contribution in [3.8, 4) is 0 Å². The van der Waals surface area contributed by atoms with Crippen LogP contribution in [0.25, 0.3) is 26.6 Å². The maximum absolute atomic E-state index is 3.83. The predicted molar refractivity (Wildman–Crippen MR) is 164 cm³/mol. The molecule has 0 atom stereocenters. The molecule has 3 aromatic carbocycles. The van der Waals surface area contributed by atoms with E-state index in [1.165, 1.54) is 66.4 Å². The van der Waals surface area contributed by atoms with Gasteiger partial charge in [-0.15, -0.1) is 11.3 Å². The summed E-state index contributed by atoms with van der Waals surface area (Å²) in [6.07, 6.45) is 5.78. The molecule has 190 valence electrons. The molecular weight excluding hydrogens is 524 g/mol. The number of thiophene rings is 1. The zero-order chi connectivity index (χ0) is 25.5. The van der Waals surface area contributed by atoms with Crippen molar-refractivity contribution in [1.82, 2.24) is 9.80 Å². The number of aryl methyl sites for hydroxylation is 1. The molecule has 0 aliphatic heterocycles. The van der Waals surface area contributed by atoms with E-state index < -0.39 is 0 Å². The second kappa shape index (κ2) is 12.9. The molecule has 0 aliphatic rings. The molecule has 4 aromatic rings. The van der Waals surface area contributed by atoms with Crippen LogP contribution >= 0.6 is 27.3 Å². The maximum atomic E-state index is 3.83. The number of rotatable bonds is 12. The number of unbranched alkanes of at least 4 members (excludes halogenated alkanes) is 1. The van der Waals surface area contributed by atoms with Gasteiger partial charge in [-0.2, -0.15) is 0 Å². The summed E-state index contributed by atoms with van der Waals surface area (Å²) in [4.78, 5) is 6.58. The summed E-state index contributed by atoms with van der Waals surface area (Å²) in [6, 6.07) is 22.2. The molecule has 4 rings (SSSR count). The van der Waals surface area contributed by atoms with E-state index in [4.69, 9.17) is 0 Å². The van der Waals surface area contributed by atoms with Gasteiger partial charge in [0.25, 0.3) is 0 Å². The maximum Gasteiger partial charge on any atom is 0.0545 e. The second-order valence-corrected chi connectivity index (χ2v) is 11.3. The van der Waals surface area contributed by atoms with Crippen LogP contribution in [0, 0.1) is 0 Å². The lowest BCUT2D eigenvalue weighted by molar-refractivity contribution is 0.286. The van der Waals surface area contributed by atoms with Crippen molar-refractivity contribution in [3.63, 3.8) is 0 Å². The molecule has 0 saturated heterocycles. The number of benzene rings is 3. The Morgan fingerprint density at radius 3 is 2.36 bits per heavy atom. The highest BCUT2D eigenvalue weighted by Gasteiger charge is 2.20. The summed E-state index contributed by atoms with van der Waals surface area (Å²) in [5, 5.41) is 4.01. The van der Waals surface area contributed by atoms with Crippen molar-refractivity contribution in [2.75, 3.05) is 26.2 Å². The van der Waals surface area contributed by atoms with E-state index in [9.17, 15) is 0 Å². The Bertz CT molecular complexity index is 1320. The van der Waals surface area contributed by atoms with Gasteiger partial charge in [0.15, 0.2) is 0 Å². The highest BCUT2D eigenvalue weighted by molar-refractivity contribution is 9.10. The minimum absolute atomic E-state index is 0.925. The number of allylic oxidation sites excluding steroid dienone is 1. The van der Waals surface area contributed by atoms with Gasteiger partial charge in [-0.3, -0.25) is 0 Å². The van der Waals surface area contributed by atoms with Crippen LogP contribution in [-0.2, 0) is 13.0 Å². The highest BCUT2D eigenvalue weighted by atomic mass is 79.9. The van der Waals surface area contributed by atoms with Crippen LogP contribution in [0.4, 0.5) is 0 Å². The van der Waals surface area contributed by atoms with Gasteiger partial charge in [0, 0.05) is 27.6 Å². The largest absolute Gasteiger partial charge is 0.366 e. The van der Waals surface area contributed by atoms with Crippen molar-refractivity contribution < 1.29 is 0 Å². The first-order valence-electron chi connectivity index (χ1n) is 13.4. The molecule has 1 heterocycles. The Kier molecular flexibility index (Phi) is 9.64. The Labute approximate surface area is 229 Å². The van der Waals surface area contributed by atoms with E-state index in [-0.39, 0.29) is 0 Å². The molecule has 0 aliphatic carbocycles. The first-order valence-corrected chi connectivity index (χ1v) is 15.0. The molecule has 0 radical (unpaired) electrons. The van der Waals surface area contributed by atoms with Crippen LogP contribution in [0.5, 0.6) is 0 Å². The van der Waals surface area contributed by atoms with Crippen LogP contribution in [0.1, 0.15) is 56.5 Å². The Morgan fingerprint density at radius 2 is 1.64 bits per heavy atom. The molecule has 0 saturated carbocycles. The number of hydrogen-bond acceptors (Lipinski definition) is 3. The fourth-order valence-corrected chi connectivity index (χ4v) is 7.35. The number of hydrogen-bond donors (Lipinski definition) is 0. The fraction of sp³-hybridized carbons (Fsp3) is 0.375. The average molecular weight is 564 g/mol. The van der Waals surface area contributed by atoms with Gasteiger partial charge in [0.05, 0.1) is 10.6 Å². The van der Waals surface area contributed by atoms with Crippen molar-refractivity contribution in [3.05, 3.63) is 87.2 Å². The number of halogens is 1. The first-order chi connectivity index (χ1) is 17.6. The lowest BCUT2D eigenvalue weighted by Crippen LogP contribution is -2.26. The van der Waals surface area contributed by atoms with Crippen molar-refractivity contribution in [1.29, 1.82) is 0 Å². The summed E-state index contributed by atoms with van der Waals surface area (Å²) >= 11 is 5.77. The standard InChI is InChI=1S/C32H39BrN2S/c1-5-27-31-28(33)16-13-17-30(31)36-32(27)29(6-2)35(21-12-11-20-34(7-3)8-4)23-24-18-19-25-14-9-10-15-26(25)22-24/h6,9-10,13-19,22H,5,7-8,11-12,20-21,23H2,1-4H3/b29-6-. The van der Waals surface area contributed by atoms with Gasteiger partial charge in [-0.25, -0.2) is 0 Å². The van der Waals surface area contributed by atoms with Gasteiger partial charge in [0.1, 0.15) is 0 Å². The fourth-order valence-electron chi connectivity index (χ4n) is 5.19. The van der Waals surface area contributed by atoms with E-state index in [0.717, 1.165) is 32.6 Å². The van der Waals surface area contributed by atoms with E-state index >= 15 is 0 Å². The van der Waals surface area contributed by atoms with Gasteiger partial charge in [-0.1, -0.05) is 85.2 Å². The first kappa shape index (κ1) is 26.9. The van der Waals surface area contributed by atoms with Gasteiger partial charge in [0.2, 0.25) is 0 Å². The van der Waals surface area contributed by atoms with Crippen LogP contribution in [0.2, 0.25) is 0 Å². The lowest BCUT2D eigenvalue weighted by atomic mass is 10.0. The van der Waals surface area contributed by atoms with Gasteiger partial charge >= 0.3 is 0 Å². The zero-order valence-corrected chi connectivity index (χ0v) is 24.6. The normalized spacial score (nSPS) is 12.2. The molecule has 0 unspecified atom stereocenters. The Balaban J connectivity index is 1.66. The predicted octanol–water partition coefficient (Wildman–Crippen LogP) is 9.36. The molecule has 0 amide bonds. The molecule has 4 heteroatoms. The molecule has 0 fully saturated rings. The minimum atomic E-state index is 0.925. The smallest absolute Gasteiger partial charge is 0.0545 e. The van der Waals surface area contributed by atoms with Crippen molar-refractivity contribution >= 4 is 53.8 Å². The third-order valence-electron chi connectivity index (χ3n) is 7.20. The van der Waals surface area contributed by atoms with Crippen LogP contribution in [-0.4, -0.2) is 36.0 Å². The van der Waals surface area contributed by atoms with E-state index in [0.29, 0.717) is 0 Å². The molecular formula is C32H39BrN2S. The lowest BCUT2D eigenvalue weighted by Gasteiger charge is -2.29. The summed E-state index contributed by atoms with van der Waals surface area (Å²) in [6.45, 7) is 14.5. The Hall–Kier alpha value is -2.14. The molecule has 1 aromatic heterocycles. The Morgan fingerprint density at radius 1 is 0.889 bits per heavy atom. The number of fused-ring (bicyclic) bond motifs is 2. The quantitative estimate of drug-likeness (QED) is 0.159. The molecule has 0 spiro atoms. The highest BCUT2D eigenvalue weighted by Crippen LogP contribution is 2.41. The summed E-state index contributed by atoms with van der Waals surface area (Å²) in [5.41, 5.74) is 4.20.